The number of hydrogen-bond acceptors (Lipinski definition) is 11. The number of aromatic amines is 1. The van der Waals surface area contributed by atoms with E-state index in [0.29, 0.717) is 44.6 Å². The van der Waals surface area contributed by atoms with Crippen molar-refractivity contribution in [1.82, 2.24) is 36.6 Å². The molecule has 0 spiro atoms. The van der Waals surface area contributed by atoms with E-state index in [1.165, 1.54) is 19.4 Å². The first kappa shape index (κ1) is 35.4. The normalized spacial score (nSPS) is 14.7. The first-order valence-electron chi connectivity index (χ1n) is 13.3. The molecule has 1 aromatic rings. The van der Waals surface area contributed by atoms with Crippen LogP contribution in [0.2, 0.25) is 0 Å². The summed E-state index contributed by atoms with van der Waals surface area (Å²) in [5, 5.41) is 40.8. The minimum atomic E-state index is -1.27. The molecular weight excluding hydrogens is 542 g/mol. The Morgan fingerprint density at radius 3 is 2.29 bits per heavy atom. The van der Waals surface area contributed by atoms with Gasteiger partial charge in [0.1, 0.15) is 24.7 Å². The number of rotatable bonds is 21. The second-order valence-electron chi connectivity index (χ2n) is 9.49. The Labute approximate surface area is 237 Å². The molecule has 232 valence electrons. The number of nitrogens with two attached hydrogens (primary N) is 2. The molecule has 4 amide bonds. The zero-order valence-corrected chi connectivity index (χ0v) is 23.1. The number of carboxylic acid groups (broad SMARTS) is 1. The topological polar surface area (TPSA) is 287 Å². The van der Waals surface area contributed by atoms with E-state index in [9.17, 15) is 34.2 Å². The molecular formula is C24H43N9O8. The van der Waals surface area contributed by atoms with Crippen LogP contribution < -0.4 is 38.1 Å². The lowest BCUT2D eigenvalue weighted by atomic mass is 10.1. The third kappa shape index (κ3) is 15.1. The SMILES string of the molecule is C[C@@H](O)[C@H](N)C(=O)NCC(=O)N[C@@H](CCCCNC[C@@H](O)CCN)C(=O)N[C@@H](Cc1cnc[nH]1)C(=O)NCC(=O)O. The molecule has 17 nitrogen and oxygen atoms in total. The molecule has 0 unspecified atom stereocenters. The van der Waals surface area contributed by atoms with Crippen LogP contribution in [0, 0.1) is 0 Å². The summed E-state index contributed by atoms with van der Waals surface area (Å²) >= 11 is 0. The van der Waals surface area contributed by atoms with Crippen LogP contribution in [0.1, 0.15) is 38.3 Å². The molecule has 0 radical (unpaired) electrons. The number of carboxylic acids is 1. The molecule has 0 fully saturated rings. The van der Waals surface area contributed by atoms with E-state index in [2.05, 4.69) is 36.6 Å². The second kappa shape index (κ2) is 19.4. The van der Waals surface area contributed by atoms with Crippen molar-refractivity contribution in [2.24, 2.45) is 11.5 Å². The number of nitrogens with one attached hydrogen (secondary N) is 6. The fraction of sp³-hybridized carbons (Fsp3) is 0.667. The van der Waals surface area contributed by atoms with Crippen LogP contribution in [0.15, 0.2) is 12.5 Å². The van der Waals surface area contributed by atoms with Crippen LogP contribution in [-0.4, -0.2) is 118 Å². The summed E-state index contributed by atoms with van der Waals surface area (Å²) in [6.45, 7) is 1.39. The molecule has 0 saturated heterocycles. The van der Waals surface area contributed by atoms with E-state index >= 15 is 0 Å². The lowest BCUT2D eigenvalue weighted by Gasteiger charge is -2.23. The summed E-state index contributed by atoms with van der Waals surface area (Å²) in [7, 11) is 0. The average molecular weight is 586 g/mol. The predicted molar refractivity (Wildman–Crippen MR) is 146 cm³/mol. The van der Waals surface area contributed by atoms with Gasteiger partial charge in [-0.2, -0.15) is 0 Å². The number of H-pyrrole nitrogens is 1. The predicted octanol–water partition coefficient (Wildman–Crippen LogP) is -4.58. The van der Waals surface area contributed by atoms with Crippen molar-refractivity contribution >= 4 is 29.6 Å². The van der Waals surface area contributed by atoms with E-state index in [0.717, 1.165) is 0 Å². The Morgan fingerprint density at radius 2 is 1.68 bits per heavy atom. The first-order valence-corrected chi connectivity index (χ1v) is 13.3. The van der Waals surface area contributed by atoms with Crippen molar-refractivity contribution in [3.05, 3.63) is 18.2 Å². The third-order valence-electron chi connectivity index (χ3n) is 5.90. The number of aliphatic carboxylic acids is 1. The molecule has 5 atom stereocenters. The van der Waals surface area contributed by atoms with Crippen LogP contribution >= 0.6 is 0 Å². The molecule has 0 aliphatic rings. The summed E-state index contributed by atoms with van der Waals surface area (Å²) in [6.07, 6.45) is 2.77. The Morgan fingerprint density at radius 1 is 0.976 bits per heavy atom. The van der Waals surface area contributed by atoms with E-state index in [4.69, 9.17) is 16.6 Å². The standard InChI is InChI=1S/C24H43N9O8/c1-14(34)21(26)24(41)29-11-19(36)32-17(4-2-3-7-27-10-16(35)5-6-25)23(40)33-18(8-15-9-28-13-31-15)22(39)30-12-20(37)38/h9,13-14,16-18,21,27,34-35H,2-8,10-12,25-26H2,1H3,(H,28,31)(H,29,41)(H,30,39)(H,32,36)(H,33,40)(H,37,38)/t14-,16+,17+,18+,21+/m1/s1. The fourth-order valence-electron chi connectivity index (χ4n) is 3.56. The van der Waals surface area contributed by atoms with Gasteiger partial charge in [-0.3, -0.25) is 24.0 Å². The van der Waals surface area contributed by atoms with Gasteiger partial charge in [-0.05, 0) is 45.7 Å². The maximum Gasteiger partial charge on any atom is 0.322 e. The molecule has 0 aliphatic heterocycles. The minimum Gasteiger partial charge on any atom is -0.480 e. The number of aromatic nitrogens is 2. The summed E-state index contributed by atoms with van der Waals surface area (Å²) in [4.78, 5) is 68.0. The highest BCUT2D eigenvalue weighted by atomic mass is 16.4. The number of aliphatic hydroxyl groups excluding tert-OH is 2. The number of hydrogen-bond donors (Lipinski definition) is 11. The van der Waals surface area contributed by atoms with Crippen molar-refractivity contribution < 1.29 is 39.3 Å². The lowest BCUT2D eigenvalue weighted by molar-refractivity contribution is -0.138. The summed E-state index contributed by atoms with van der Waals surface area (Å²) < 4.78 is 0. The molecule has 1 rings (SSSR count). The molecule has 0 aromatic carbocycles. The maximum atomic E-state index is 13.2. The molecule has 1 heterocycles. The van der Waals surface area contributed by atoms with Gasteiger partial charge in [0.2, 0.25) is 23.6 Å². The van der Waals surface area contributed by atoms with Crippen molar-refractivity contribution in [3.63, 3.8) is 0 Å². The highest BCUT2D eigenvalue weighted by molar-refractivity contribution is 5.94. The van der Waals surface area contributed by atoms with Crippen molar-refractivity contribution in [2.45, 2.75) is 69.4 Å². The number of amides is 4. The maximum absolute atomic E-state index is 13.2. The molecule has 17 heteroatoms. The largest absolute Gasteiger partial charge is 0.480 e. The molecule has 0 saturated carbocycles. The van der Waals surface area contributed by atoms with Gasteiger partial charge in [0.25, 0.3) is 0 Å². The zero-order chi connectivity index (χ0) is 30.8. The average Bonchev–Trinajstić information content (AvgIpc) is 3.43. The first-order chi connectivity index (χ1) is 19.4. The Kier molecular flexibility index (Phi) is 16.8. The van der Waals surface area contributed by atoms with Gasteiger partial charge in [0.05, 0.1) is 25.1 Å². The molecule has 1 aromatic heterocycles. The number of aliphatic hydroxyl groups is 2. The molecule has 41 heavy (non-hydrogen) atoms. The van der Waals surface area contributed by atoms with Gasteiger partial charge in [0, 0.05) is 24.9 Å². The summed E-state index contributed by atoms with van der Waals surface area (Å²) in [5.41, 5.74) is 11.5. The quantitative estimate of drug-likeness (QED) is 0.0608. The molecule has 0 aliphatic carbocycles. The molecule has 0 bridgehead atoms. The molecule has 13 N–H and O–H groups in total. The Balaban J connectivity index is 2.86. The zero-order valence-electron chi connectivity index (χ0n) is 23.1. The van der Waals surface area contributed by atoms with E-state index < -0.39 is 73.0 Å². The van der Waals surface area contributed by atoms with Gasteiger partial charge in [-0.1, -0.05) is 0 Å². The van der Waals surface area contributed by atoms with Crippen molar-refractivity contribution in [1.29, 1.82) is 0 Å². The van der Waals surface area contributed by atoms with Crippen LogP contribution in [-0.2, 0) is 30.4 Å². The Bertz CT molecular complexity index is 961. The van der Waals surface area contributed by atoms with Gasteiger partial charge in [-0.15, -0.1) is 0 Å². The fourth-order valence-corrected chi connectivity index (χ4v) is 3.56. The van der Waals surface area contributed by atoms with Crippen LogP contribution in [0.4, 0.5) is 0 Å². The van der Waals surface area contributed by atoms with Crippen molar-refractivity contribution in [2.75, 3.05) is 32.7 Å². The van der Waals surface area contributed by atoms with Gasteiger partial charge < -0.3 is 58.4 Å². The number of nitrogens with zero attached hydrogens (tertiary/aromatic N) is 1. The van der Waals surface area contributed by atoms with Crippen LogP contribution in [0.3, 0.4) is 0 Å². The minimum absolute atomic E-state index is 0.0276. The van der Waals surface area contributed by atoms with Gasteiger partial charge in [-0.25, -0.2) is 4.98 Å². The highest BCUT2D eigenvalue weighted by Gasteiger charge is 2.28. The van der Waals surface area contributed by atoms with Crippen molar-refractivity contribution in [3.8, 4) is 0 Å². The van der Waals surface area contributed by atoms with E-state index in [1.807, 2.05) is 0 Å². The highest BCUT2D eigenvalue weighted by Crippen LogP contribution is 2.05. The van der Waals surface area contributed by atoms with E-state index in [-0.39, 0.29) is 12.8 Å². The van der Waals surface area contributed by atoms with Crippen LogP contribution in [0.25, 0.3) is 0 Å². The van der Waals surface area contributed by atoms with E-state index in [1.54, 1.807) is 0 Å². The number of carbonyl (C=O) groups is 5. The number of unbranched alkanes of at least 4 members (excludes halogenated alkanes) is 1. The lowest BCUT2D eigenvalue weighted by Crippen LogP contribution is -2.56. The van der Waals surface area contributed by atoms with Crippen LogP contribution in [0.5, 0.6) is 0 Å². The smallest absolute Gasteiger partial charge is 0.322 e. The Hall–Kier alpha value is -3.64. The van der Waals surface area contributed by atoms with Gasteiger partial charge >= 0.3 is 5.97 Å². The third-order valence-corrected chi connectivity index (χ3v) is 5.90. The summed E-state index contributed by atoms with van der Waals surface area (Å²) in [6, 6.07) is -3.54. The number of imidazole rings is 1. The summed E-state index contributed by atoms with van der Waals surface area (Å²) in [5.74, 6) is -4.18. The number of carbonyl (C=O) groups excluding carboxylic acids is 4. The second-order valence-corrected chi connectivity index (χ2v) is 9.49. The van der Waals surface area contributed by atoms with Gasteiger partial charge in [0.15, 0.2) is 0 Å². The monoisotopic (exact) mass is 585 g/mol.